The van der Waals surface area contributed by atoms with Crippen molar-refractivity contribution in [3.8, 4) is 5.75 Å². The molecule has 1 heterocycles. The number of imide groups is 2. The number of carbonyl (C=O) groups is 3. The van der Waals surface area contributed by atoms with E-state index >= 15 is 0 Å². The molecule has 0 radical (unpaired) electrons. The molecule has 27 heavy (non-hydrogen) atoms. The number of benzene rings is 2. The van der Waals surface area contributed by atoms with E-state index in [0.29, 0.717) is 26.5 Å². The number of barbiturate groups is 1. The van der Waals surface area contributed by atoms with Crippen LogP contribution in [0.1, 0.15) is 5.56 Å². The summed E-state index contributed by atoms with van der Waals surface area (Å²) in [5.41, 5.74) is 0.582. The lowest BCUT2D eigenvalue weighted by molar-refractivity contribution is -0.122. The average Bonchev–Trinajstić information content (AvgIpc) is 2.59. The van der Waals surface area contributed by atoms with Crippen LogP contribution >= 0.6 is 43.5 Å². The van der Waals surface area contributed by atoms with Gasteiger partial charge in [-0.25, -0.2) is 9.69 Å². The van der Waals surface area contributed by atoms with E-state index in [-0.39, 0.29) is 5.57 Å². The molecule has 3 rings (SSSR count). The van der Waals surface area contributed by atoms with Crippen molar-refractivity contribution in [2.75, 3.05) is 12.0 Å². The molecule has 1 N–H and O–H groups in total. The second-order valence-electron chi connectivity index (χ2n) is 5.44. The van der Waals surface area contributed by atoms with Gasteiger partial charge in [0.2, 0.25) is 0 Å². The van der Waals surface area contributed by atoms with Crippen LogP contribution in [0, 0.1) is 0 Å². The van der Waals surface area contributed by atoms with Gasteiger partial charge in [-0.3, -0.25) is 14.9 Å². The summed E-state index contributed by atoms with van der Waals surface area (Å²) in [4.78, 5) is 38.3. The van der Waals surface area contributed by atoms with Crippen LogP contribution in [-0.2, 0) is 9.59 Å². The van der Waals surface area contributed by atoms with Crippen molar-refractivity contribution >= 4 is 73.1 Å². The topological polar surface area (TPSA) is 75.7 Å². The van der Waals surface area contributed by atoms with Gasteiger partial charge >= 0.3 is 6.03 Å². The Labute approximate surface area is 176 Å². The molecule has 1 aliphatic heterocycles. The van der Waals surface area contributed by atoms with E-state index in [1.54, 1.807) is 24.3 Å². The Kier molecular flexibility index (Phi) is 5.69. The first-order valence-electron chi connectivity index (χ1n) is 7.52. The zero-order chi connectivity index (χ0) is 19.7. The summed E-state index contributed by atoms with van der Waals surface area (Å²) < 4.78 is 6.70. The highest BCUT2D eigenvalue weighted by atomic mass is 79.9. The fraction of sp³-hybridized carbons (Fsp3) is 0.0556. The van der Waals surface area contributed by atoms with E-state index in [2.05, 4.69) is 37.2 Å². The third-order valence-corrected chi connectivity index (χ3v) is 5.03. The van der Waals surface area contributed by atoms with Gasteiger partial charge in [-0.15, -0.1) is 0 Å². The van der Waals surface area contributed by atoms with Gasteiger partial charge in [0.1, 0.15) is 11.3 Å². The van der Waals surface area contributed by atoms with Crippen LogP contribution in [-0.4, -0.2) is 25.0 Å². The number of nitrogens with zero attached hydrogens (tertiary/aromatic N) is 1. The van der Waals surface area contributed by atoms with Gasteiger partial charge in [0, 0.05) is 15.1 Å². The molecule has 138 valence electrons. The Bertz CT molecular complexity index is 990. The van der Waals surface area contributed by atoms with E-state index in [1.807, 2.05) is 0 Å². The molecule has 9 heteroatoms. The molecule has 6 nitrogen and oxygen atoms in total. The van der Waals surface area contributed by atoms with Crippen LogP contribution in [0.4, 0.5) is 10.5 Å². The largest absolute Gasteiger partial charge is 0.495 e. The Morgan fingerprint density at radius 2 is 1.78 bits per heavy atom. The van der Waals surface area contributed by atoms with Crippen LogP contribution < -0.4 is 15.0 Å². The summed E-state index contributed by atoms with van der Waals surface area (Å²) in [5.74, 6) is -1.08. The van der Waals surface area contributed by atoms with Crippen molar-refractivity contribution in [1.82, 2.24) is 5.32 Å². The molecular weight excluding hydrogens is 503 g/mol. The standard InChI is InChI=1S/C18H11Br2ClN2O4/c1-27-15-9(6-10(19)8-14(15)20)7-13-16(24)22-18(26)23(17(13)25)12-4-2-11(21)3-5-12/h2-8H,1H3,(H,22,24,26)/b13-7+. The highest BCUT2D eigenvalue weighted by Gasteiger charge is 2.37. The summed E-state index contributed by atoms with van der Waals surface area (Å²) in [6, 6.07) is 8.77. The predicted octanol–water partition coefficient (Wildman–Crippen LogP) is 4.54. The van der Waals surface area contributed by atoms with Crippen molar-refractivity contribution in [2.45, 2.75) is 0 Å². The molecule has 2 aromatic rings. The Hall–Kier alpha value is -2.16. The molecular formula is C18H11Br2ClN2O4. The number of halogens is 3. The number of methoxy groups -OCH3 is 1. The summed E-state index contributed by atoms with van der Waals surface area (Å²) in [6.07, 6.45) is 1.38. The number of carbonyl (C=O) groups excluding carboxylic acids is 3. The first-order valence-corrected chi connectivity index (χ1v) is 9.48. The smallest absolute Gasteiger partial charge is 0.335 e. The SMILES string of the molecule is COc1c(Br)cc(Br)cc1/C=C1\C(=O)NC(=O)N(c2ccc(Cl)cc2)C1=O. The molecule has 0 spiro atoms. The van der Waals surface area contributed by atoms with Crippen LogP contribution in [0.25, 0.3) is 6.08 Å². The molecule has 4 amide bonds. The molecule has 0 unspecified atom stereocenters. The second kappa shape index (κ2) is 7.84. The molecule has 2 aromatic carbocycles. The quantitative estimate of drug-likeness (QED) is 0.482. The molecule has 1 aliphatic rings. The number of hydrogen-bond donors (Lipinski definition) is 1. The van der Waals surface area contributed by atoms with Gasteiger partial charge in [-0.05, 0) is 58.4 Å². The molecule has 0 saturated carbocycles. The molecule has 0 aliphatic carbocycles. The lowest BCUT2D eigenvalue weighted by Gasteiger charge is -2.26. The summed E-state index contributed by atoms with van der Waals surface area (Å²) >= 11 is 12.6. The van der Waals surface area contributed by atoms with Gasteiger partial charge in [-0.2, -0.15) is 0 Å². The van der Waals surface area contributed by atoms with Gasteiger partial charge in [0.05, 0.1) is 17.3 Å². The molecule has 1 saturated heterocycles. The number of amides is 4. The van der Waals surface area contributed by atoms with Gasteiger partial charge < -0.3 is 4.74 Å². The molecule has 0 atom stereocenters. The number of rotatable bonds is 3. The van der Waals surface area contributed by atoms with E-state index in [9.17, 15) is 14.4 Å². The minimum Gasteiger partial charge on any atom is -0.495 e. The third kappa shape index (κ3) is 3.92. The maximum absolute atomic E-state index is 12.9. The van der Waals surface area contributed by atoms with E-state index in [0.717, 1.165) is 9.37 Å². The Balaban J connectivity index is 2.09. The number of anilines is 1. The number of hydrogen-bond acceptors (Lipinski definition) is 4. The molecule has 0 aromatic heterocycles. The van der Waals surface area contributed by atoms with Gasteiger partial charge in [-0.1, -0.05) is 27.5 Å². The zero-order valence-electron chi connectivity index (χ0n) is 13.8. The first-order chi connectivity index (χ1) is 12.8. The maximum Gasteiger partial charge on any atom is 0.335 e. The van der Waals surface area contributed by atoms with Crippen molar-refractivity contribution in [2.24, 2.45) is 0 Å². The second-order valence-corrected chi connectivity index (χ2v) is 7.65. The summed E-state index contributed by atoms with van der Waals surface area (Å²) in [7, 11) is 1.47. The fourth-order valence-electron chi connectivity index (χ4n) is 2.54. The highest BCUT2D eigenvalue weighted by molar-refractivity contribution is 9.11. The lowest BCUT2D eigenvalue weighted by Crippen LogP contribution is -2.54. The average molecular weight is 515 g/mol. The lowest BCUT2D eigenvalue weighted by atomic mass is 10.1. The predicted molar refractivity (Wildman–Crippen MR) is 109 cm³/mol. The van der Waals surface area contributed by atoms with E-state index < -0.39 is 17.8 Å². The van der Waals surface area contributed by atoms with Crippen LogP contribution in [0.2, 0.25) is 5.02 Å². The van der Waals surface area contributed by atoms with Crippen molar-refractivity contribution in [3.05, 3.63) is 61.5 Å². The van der Waals surface area contributed by atoms with Crippen LogP contribution in [0.15, 0.2) is 50.9 Å². The Morgan fingerprint density at radius 1 is 1.11 bits per heavy atom. The number of nitrogens with one attached hydrogen (secondary N) is 1. The van der Waals surface area contributed by atoms with Gasteiger partial charge in [0.15, 0.2) is 0 Å². The number of urea groups is 1. The molecule has 0 bridgehead atoms. The minimum absolute atomic E-state index is 0.201. The summed E-state index contributed by atoms with van der Waals surface area (Å²) in [5, 5.41) is 2.63. The monoisotopic (exact) mass is 512 g/mol. The zero-order valence-corrected chi connectivity index (χ0v) is 17.7. The minimum atomic E-state index is -0.827. The maximum atomic E-state index is 12.9. The van der Waals surface area contributed by atoms with Crippen LogP contribution in [0.5, 0.6) is 5.75 Å². The van der Waals surface area contributed by atoms with E-state index in [4.69, 9.17) is 16.3 Å². The van der Waals surface area contributed by atoms with Gasteiger partial charge in [0.25, 0.3) is 11.8 Å². The third-order valence-electron chi connectivity index (χ3n) is 3.73. The highest BCUT2D eigenvalue weighted by Crippen LogP contribution is 2.34. The Morgan fingerprint density at radius 3 is 2.41 bits per heavy atom. The van der Waals surface area contributed by atoms with Crippen molar-refractivity contribution < 1.29 is 19.1 Å². The summed E-state index contributed by atoms with van der Waals surface area (Å²) in [6.45, 7) is 0. The fourth-order valence-corrected chi connectivity index (χ4v) is 4.09. The van der Waals surface area contributed by atoms with Crippen molar-refractivity contribution in [1.29, 1.82) is 0 Å². The normalized spacial score (nSPS) is 15.9. The van der Waals surface area contributed by atoms with E-state index in [1.165, 1.54) is 25.3 Å². The van der Waals surface area contributed by atoms with Crippen LogP contribution in [0.3, 0.4) is 0 Å². The molecule has 1 fully saturated rings. The number of ether oxygens (including phenoxy) is 1. The first kappa shape index (κ1) is 19.6. The van der Waals surface area contributed by atoms with Crippen molar-refractivity contribution in [3.63, 3.8) is 0 Å².